The first-order valence-corrected chi connectivity index (χ1v) is 7.48. The van der Waals surface area contributed by atoms with Crippen molar-refractivity contribution in [1.29, 1.82) is 0 Å². The maximum Gasteiger partial charge on any atom is 0.267 e. The highest BCUT2D eigenvalue weighted by Gasteiger charge is 2.33. The van der Waals surface area contributed by atoms with Gasteiger partial charge in [-0.15, -0.1) is 0 Å². The number of hydrogen-bond acceptors (Lipinski definition) is 4. The zero-order chi connectivity index (χ0) is 17.3. The van der Waals surface area contributed by atoms with Crippen molar-refractivity contribution >= 4 is 23.4 Å². The molecule has 0 atom stereocenters. The predicted octanol–water partition coefficient (Wildman–Crippen LogP) is 1.88. The number of nitrogens with two attached hydrogens (primary N) is 1. The van der Waals surface area contributed by atoms with Gasteiger partial charge in [0.05, 0.1) is 13.1 Å². The minimum Gasteiger partial charge on any atom is -0.487 e. The van der Waals surface area contributed by atoms with Crippen LogP contribution in [-0.4, -0.2) is 40.9 Å². The molecule has 0 spiro atoms. The molecule has 124 valence electrons. The van der Waals surface area contributed by atoms with E-state index in [1.165, 1.54) is 23.2 Å². The van der Waals surface area contributed by atoms with Crippen molar-refractivity contribution in [2.24, 2.45) is 5.73 Å². The Morgan fingerprint density at radius 2 is 2.04 bits per heavy atom. The molecular weight excluding hydrogens is 337 g/mol. The Hall–Kier alpha value is -2.67. The van der Waals surface area contributed by atoms with Crippen LogP contribution < -0.4 is 10.5 Å². The number of pyridine rings is 1. The number of amides is 2. The average molecular weight is 350 g/mol. The first kappa shape index (κ1) is 16.2. The van der Waals surface area contributed by atoms with E-state index in [2.05, 4.69) is 4.98 Å². The lowest BCUT2D eigenvalue weighted by Crippen LogP contribution is -2.56. The molecule has 0 saturated carbocycles. The van der Waals surface area contributed by atoms with E-state index in [0.717, 1.165) is 12.1 Å². The summed E-state index contributed by atoms with van der Waals surface area (Å²) in [6.45, 7) is 0.697. The smallest absolute Gasteiger partial charge is 0.267 e. The highest BCUT2D eigenvalue weighted by atomic mass is 35.5. The number of ether oxygens (including phenoxy) is 1. The number of carbonyl (C=O) groups is 2. The Morgan fingerprint density at radius 1 is 1.29 bits per heavy atom. The van der Waals surface area contributed by atoms with Gasteiger partial charge in [0.1, 0.15) is 23.4 Å². The SMILES string of the molecule is NC(=O)c1cc(OC2CN(C(=O)c3cc(F)cc(Cl)c3)C2)ccn1. The van der Waals surface area contributed by atoms with Gasteiger partial charge in [0, 0.05) is 22.8 Å². The van der Waals surface area contributed by atoms with Crippen LogP contribution in [0.25, 0.3) is 0 Å². The minimum absolute atomic E-state index is 0.106. The third kappa shape index (κ3) is 3.46. The van der Waals surface area contributed by atoms with Crippen LogP contribution in [-0.2, 0) is 0 Å². The van der Waals surface area contributed by atoms with Gasteiger partial charge in [-0.05, 0) is 24.3 Å². The molecule has 1 saturated heterocycles. The van der Waals surface area contributed by atoms with Gasteiger partial charge >= 0.3 is 0 Å². The summed E-state index contributed by atoms with van der Waals surface area (Å²) in [5.74, 6) is -1.07. The number of likely N-dealkylation sites (tertiary alicyclic amines) is 1. The standard InChI is InChI=1S/C16H13ClFN3O3/c17-10-3-9(4-11(18)5-10)16(23)21-7-13(8-21)24-12-1-2-20-14(6-12)15(19)22/h1-6,13H,7-8H2,(H2,19,22). The van der Waals surface area contributed by atoms with Crippen LogP contribution in [0.15, 0.2) is 36.5 Å². The van der Waals surface area contributed by atoms with Crippen LogP contribution in [0.3, 0.4) is 0 Å². The van der Waals surface area contributed by atoms with Crippen LogP contribution in [0.5, 0.6) is 5.75 Å². The predicted molar refractivity (Wildman–Crippen MR) is 84.5 cm³/mol. The number of rotatable bonds is 4. The molecule has 1 aliphatic rings. The molecule has 0 bridgehead atoms. The van der Waals surface area contributed by atoms with Crippen molar-refractivity contribution in [3.05, 3.63) is 58.6 Å². The Bertz CT molecular complexity index is 789. The van der Waals surface area contributed by atoms with Gasteiger partial charge in [-0.3, -0.25) is 14.6 Å². The lowest BCUT2D eigenvalue weighted by Gasteiger charge is -2.39. The summed E-state index contributed by atoms with van der Waals surface area (Å²) in [4.78, 5) is 28.7. The van der Waals surface area contributed by atoms with E-state index in [-0.39, 0.29) is 28.3 Å². The number of hydrogen-bond donors (Lipinski definition) is 1. The zero-order valence-corrected chi connectivity index (χ0v) is 13.2. The first-order chi connectivity index (χ1) is 11.4. The molecule has 8 heteroatoms. The lowest BCUT2D eigenvalue weighted by atomic mass is 10.1. The minimum atomic E-state index is -0.645. The van der Waals surface area contributed by atoms with Gasteiger partial charge in [-0.1, -0.05) is 11.6 Å². The summed E-state index contributed by atoms with van der Waals surface area (Å²) in [7, 11) is 0. The third-order valence-electron chi connectivity index (χ3n) is 3.53. The Morgan fingerprint density at radius 3 is 2.71 bits per heavy atom. The summed E-state index contributed by atoms with van der Waals surface area (Å²) >= 11 is 5.76. The molecule has 1 fully saturated rings. The summed E-state index contributed by atoms with van der Waals surface area (Å²) < 4.78 is 19.0. The fraction of sp³-hybridized carbons (Fsp3) is 0.188. The molecule has 0 radical (unpaired) electrons. The van der Waals surface area contributed by atoms with Crippen molar-refractivity contribution in [3.63, 3.8) is 0 Å². The summed E-state index contributed by atoms with van der Waals surface area (Å²) in [6, 6.07) is 6.75. The van der Waals surface area contributed by atoms with Crippen LogP contribution in [0.1, 0.15) is 20.8 Å². The van der Waals surface area contributed by atoms with E-state index in [0.29, 0.717) is 18.8 Å². The normalized spacial score (nSPS) is 14.2. The molecule has 1 aliphatic heterocycles. The number of benzene rings is 1. The monoisotopic (exact) mass is 349 g/mol. The maximum atomic E-state index is 13.3. The van der Waals surface area contributed by atoms with Crippen LogP contribution in [0, 0.1) is 5.82 Å². The molecule has 0 aliphatic carbocycles. The molecule has 2 amide bonds. The Kier molecular flexibility index (Phi) is 4.35. The van der Waals surface area contributed by atoms with Gasteiger partial charge in [0.2, 0.25) is 0 Å². The molecule has 2 heterocycles. The number of halogens is 2. The van der Waals surface area contributed by atoms with E-state index in [9.17, 15) is 14.0 Å². The number of primary amides is 1. The molecule has 6 nitrogen and oxygen atoms in total. The lowest BCUT2D eigenvalue weighted by molar-refractivity contribution is 0.0177. The van der Waals surface area contributed by atoms with E-state index in [1.54, 1.807) is 6.07 Å². The van der Waals surface area contributed by atoms with E-state index in [4.69, 9.17) is 22.1 Å². The molecule has 3 rings (SSSR count). The van der Waals surface area contributed by atoms with Crippen molar-refractivity contribution in [2.45, 2.75) is 6.10 Å². The summed E-state index contributed by atoms with van der Waals surface area (Å²) in [5, 5.41) is 0.169. The second-order valence-corrected chi connectivity index (χ2v) is 5.79. The zero-order valence-electron chi connectivity index (χ0n) is 12.4. The van der Waals surface area contributed by atoms with Gasteiger partial charge in [0.25, 0.3) is 11.8 Å². The highest BCUT2D eigenvalue weighted by molar-refractivity contribution is 6.31. The maximum absolute atomic E-state index is 13.3. The number of nitrogens with zero attached hydrogens (tertiary/aromatic N) is 2. The molecule has 0 unspecified atom stereocenters. The molecule has 1 aromatic heterocycles. The summed E-state index contributed by atoms with van der Waals surface area (Å²) in [6.07, 6.45) is 1.20. The first-order valence-electron chi connectivity index (χ1n) is 7.10. The van der Waals surface area contributed by atoms with Gasteiger partial charge < -0.3 is 15.4 Å². The molecule has 2 aromatic rings. The van der Waals surface area contributed by atoms with Crippen LogP contribution in [0.4, 0.5) is 4.39 Å². The number of aromatic nitrogens is 1. The van der Waals surface area contributed by atoms with Crippen molar-refractivity contribution in [3.8, 4) is 5.75 Å². The quantitative estimate of drug-likeness (QED) is 0.913. The van der Waals surface area contributed by atoms with Crippen LogP contribution in [0.2, 0.25) is 5.02 Å². The molecule has 2 N–H and O–H groups in total. The fourth-order valence-corrected chi connectivity index (χ4v) is 2.57. The van der Waals surface area contributed by atoms with Gasteiger partial charge in [0.15, 0.2) is 0 Å². The van der Waals surface area contributed by atoms with Gasteiger partial charge in [-0.25, -0.2) is 4.39 Å². The van der Waals surface area contributed by atoms with E-state index < -0.39 is 11.7 Å². The van der Waals surface area contributed by atoms with Crippen molar-refractivity contribution in [1.82, 2.24) is 9.88 Å². The molecule has 24 heavy (non-hydrogen) atoms. The summed E-state index contributed by atoms with van der Waals surface area (Å²) in [5.41, 5.74) is 5.46. The van der Waals surface area contributed by atoms with E-state index >= 15 is 0 Å². The Labute approximate surface area is 142 Å². The van der Waals surface area contributed by atoms with Crippen molar-refractivity contribution in [2.75, 3.05) is 13.1 Å². The molecular formula is C16H13ClFN3O3. The molecule has 1 aromatic carbocycles. The largest absolute Gasteiger partial charge is 0.487 e. The average Bonchev–Trinajstić information content (AvgIpc) is 2.49. The van der Waals surface area contributed by atoms with E-state index in [1.807, 2.05) is 0 Å². The van der Waals surface area contributed by atoms with Crippen molar-refractivity contribution < 1.29 is 18.7 Å². The van der Waals surface area contributed by atoms with Crippen LogP contribution >= 0.6 is 11.6 Å². The highest BCUT2D eigenvalue weighted by Crippen LogP contribution is 2.22. The second-order valence-electron chi connectivity index (χ2n) is 5.35. The van der Waals surface area contributed by atoms with Gasteiger partial charge in [-0.2, -0.15) is 0 Å². The third-order valence-corrected chi connectivity index (χ3v) is 3.75. The fourth-order valence-electron chi connectivity index (χ4n) is 2.35. The topological polar surface area (TPSA) is 85.5 Å². The second kappa shape index (κ2) is 6.45. The number of carbonyl (C=O) groups excluding carboxylic acids is 2. The Balaban J connectivity index is 1.60.